The Bertz CT molecular complexity index is 254. The van der Waals surface area contributed by atoms with E-state index in [9.17, 15) is 22.8 Å². The summed E-state index contributed by atoms with van der Waals surface area (Å²) in [5, 5.41) is 1.38. The van der Waals surface area contributed by atoms with Crippen molar-refractivity contribution in [3.63, 3.8) is 0 Å². The van der Waals surface area contributed by atoms with E-state index >= 15 is 0 Å². The predicted molar refractivity (Wildman–Crippen MR) is 46.6 cm³/mol. The molecule has 1 atom stereocenters. The maximum absolute atomic E-state index is 12.3. The zero-order valence-electron chi connectivity index (χ0n) is 8.76. The van der Waals surface area contributed by atoms with Gasteiger partial charge in [-0.1, -0.05) is 0 Å². The van der Waals surface area contributed by atoms with E-state index < -0.39 is 24.3 Å². The lowest BCUT2D eigenvalue weighted by Crippen LogP contribution is -2.51. The van der Waals surface area contributed by atoms with Gasteiger partial charge in [0.1, 0.15) is 0 Å². The number of alkyl carbamates (subject to hydrolysis) is 1. The van der Waals surface area contributed by atoms with Gasteiger partial charge in [-0.25, -0.2) is 9.59 Å². The largest absolute Gasteiger partial charge is 0.464 e. The van der Waals surface area contributed by atoms with Crippen LogP contribution < -0.4 is 5.32 Å². The molecule has 0 saturated heterocycles. The molecule has 0 radical (unpaired) electrons. The molecule has 0 aliphatic carbocycles. The quantitative estimate of drug-likeness (QED) is 0.754. The van der Waals surface area contributed by atoms with E-state index in [-0.39, 0.29) is 13.2 Å². The molecule has 0 aromatic carbocycles. The second kappa shape index (κ2) is 6.19. The molecule has 5 nitrogen and oxygen atoms in total. The van der Waals surface area contributed by atoms with E-state index in [0.29, 0.717) is 0 Å². The Balaban J connectivity index is 4.57. The summed E-state index contributed by atoms with van der Waals surface area (Å²) in [5.74, 6) is -1.57. The monoisotopic (exact) mass is 243 g/mol. The highest BCUT2D eigenvalue weighted by molar-refractivity contribution is 5.82. The van der Waals surface area contributed by atoms with E-state index in [1.54, 1.807) is 0 Å². The topological polar surface area (TPSA) is 64.6 Å². The number of nitrogens with one attached hydrogen (secondary N) is 1. The van der Waals surface area contributed by atoms with Crippen LogP contribution in [0, 0.1) is 0 Å². The van der Waals surface area contributed by atoms with Gasteiger partial charge in [0.05, 0.1) is 13.2 Å². The van der Waals surface area contributed by atoms with E-state index in [4.69, 9.17) is 0 Å². The lowest BCUT2D eigenvalue weighted by molar-refractivity contribution is -0.183. The molecule has 0 saturated carbocycles. The standard InChI is InChI=1S/C8H12F3NO4/c1-3-15-6(13)5(8(9,10)11)12-7(14)16-4-2/h5H,3-4H2,1-2H3,(H,12,14)/t5-/m1/s1. The minimum Gasteiger partial charge on any atom is -0.464 e. The molecule has 0 aromatic rings. The number of hydrogen-bond donors (Lipinski definition) is 1. The Morgan fingerprint density at radius 1 is 1.19 bits per heavy atom. The van der Waals surface area contributed by atoms with E-state index in [0.717, 1.165) is 0 Å². The molecule has 0 fully saturated rings. The molecule has 1 N–H and O–H groups in total. The highest BCUT2D eigenvalue weighted by Gasteiger charge is 2.47. The summed E-state index contributed by atoms with van der Waals surface area (Å²) < 4.78 is 45.4. The van der Waals surface area contributed by atoms with Crippen molar-refractivity contribution in [3.8, 4) is 0 Å². The maximum atomic E-state index is 12.3. The number of hydrogen-bond acceptors (Lipinski definition) is 4. The van der Waals surface area contributed by atoms with Crippen molar-refractivity contribution in [1.82, 2.24) is 5.32 Å². The first-order chi connectivity index (χ1) is 7.32. The summed E-state index contributed by atoms with van der Waals surface area (Å²) in [6.07, 6.45) is -6.24. The zero-order chi connectivity index (χ0) is 12.8. The molecule has 0 rings (SSSR count). The van der Waals surface area contributed by atoms with Crippen molar-refractivity contribution in [3.05, 3.63) is 0 Å². The molecule has 0 aliphatic rings. The van der Waals surface area contributed by atoms with Crippen molar-refractivity contribution < 1.29 is 32.2 Å². The molecule has 8 heteroatoms. The van der Waals surface area contributed by atoms with Crippen molar-refractivity contribution in [2.45, 2.75) is 26.1 Å². The zero-order valence-corrected chi connectivity index (χ0v) is 8.76. The highest BCUT2D eigenvalue weighted by atomic mass is 19.4. The van der Waals surface area contributed by atoms with E-state index in [2.05, 4.69) is 9.47 Å². The molecule has 16 heavy (non-hydrogen) atoms. The van der Waals surface area contributed by atoms with Crippen LogP contribution in [-0.4, -0.2) is 37.5 Å². The number of halogens is 3. The van der Waals surface area contributed by atoms with Gasteiger partial charge in [0.15, 0.2) is 0 Å². The third-order valence-corrected chi connectivity index (χ3v) is 1.39. The third-order valence-electron chi connectivity index (χ3n) is 1.39. The minimum atomic E-state index is -4.92. The number of carbonyl (C=O) groups excluding carboxylic acids is 2. The lowest BCUT2D eigenvalue weighted by atomic mass is 10.3. The van der Waals surface area contributed by atoms with Gasteiger partial charge in [0.2, 0.25) is 6.04 Å². The SMILES string of the molecule is CCOC(=O)N[C@H](C(=O)OCC)C(F)(F)F. The van der Waals surface area contributed by atoms with Crippen LogP contribution in [-0.2, 0) is 14.3 Å². The number of carbonyl (C=O) groups is 2. The Kier molecular flexibility index (Phi) is 5.62. The normalized spacial score (nSPS) is 12.8. The van der Waals surface area contributed by atoms with Crippen molar-refractivity contribution in [2.75, 3.05) is 13.2 Å². The van der Waals surface area contributed by atoms with Gasteiger partial charge in [-0.05, 0) is 13.8 Å². The van der Waals surface area contributed by atoms with E-state index in [1.165, 1.54) is 19.2 Å². The lowest BCUT2D eigenvalue weighted by Gasteiger charge is -2.19. The number of amides is 1. The van der Waals surface area contributed by atoms with Crippen LogP contribution in [0.25, 0.3) is 0 Å². The Morgan fingerprint density at radius 3 is 2.06 bits per heavy atom. The Morgan fingerprint density at radius 2 is 1.69 bits per heavy atom. The summed E-state index contributed by atoms with van der Waals surface area (Å²) in [6.45, 7) is 2.47. The molecule has 1 amide bonds. The smallest absolute Gasteiger partial charge is 0.419 e. The summed E-state index contributed by atoms with van der Waals surface area (Å²) in [6, 6.07) is -2.70. The van der Waals surface area contributed by atoms with E-state index in [1.807, 2.05) is 0 Å². The molecule has 0 bridgehead atoms. The van der Waals surface area contributed by atoms with Crippen LogP contribution in [0.3, 0.4) is 0 Å². The van der Waals surface area contributed by atoms with Gasteiger partial charge in [-0.15, -0.1) is 0 Å². The average Bonchev–Trinajstić information content (AvgIpc) is 2.13. The molecule has 0 aromatic heterocycles. The van der Waals surface area contributed by atoms with Gasteiger partial charge in [-0.2, -0.15) is 13.2 Å². The molecule has 0 unspecified atom stereocenters. The van der Waals surface area contributed by atoms with Crippen LogP contribution >= 0.6 is 0 Å². The van der Waals surface area contributed by atoms with Gasteiger partial charge in [0, 0.05) is 0 Å². The van der Waals surface area contributed by atoms with Crippen molar-refractivity contribution in [2.24, 2.45) is 0 Å². The van der Waals surface area contributed by atoms with Crippen LogP contribution in [0.5, 0.6) is 0 Å². The summed E-state index contributed by atoms with van der Waals surface area (Å²) in [7, 11) is 0. The van der Waals surface area contributed by atoms with Crippen LogP contribution in [0.1, 0.15) is 13.8 Å². The van der Waals surface area contributed by atoms with Crippen LogP contribution in [0.2, 0.25) is 0 Å². The fraction of sp³-hybridized carbons (Fsp3) is 0.750. The van der Waals surface area contributed by atoms with Gasteiger partial charge in [-0.3, -0.25) is 5.32 Å². The predicted octanol–water partition coefficient (Wildman–Crippen LogP) is 1.23. The second-order valence-corrected chi connectivity index (χ2v) is 2.59. The molecular formula is C8H12F3NO4. The first kappa shape index (κ1) is 14.5. The summed E-state index contributed by atoms with van der Waals surface area (Å²) >= 11 is 0. The Labute approximate surface area is 89.9 Å². The molecule has 0 heterocycles. The fourth-order valence-corrected chi connectivity index (χ4v) is 0.791. The maximum Gasteiger partial charge on any atom is 0.419 e. The Hall–Kier alpha value is -1.47. The summed E-state index contributed by atoms with van der Waals surface area (Å²) in [5.41, 5.74) is 0. The number of rotatable bonds is 4. The van der Waals surface area contributed by atoms with Crippen LogP contribution in [0.15, 0.2) is 0 Å². The number of ether oxygens (including phenoxy) is 2. The number of esters is 1. The molecule has 94 valence electrons. The second-order valence-electron chi connectivity index (χ2n) is 2.59. The third kappa shape index (κ3) is 4.85. The summed E-state index contributed by atoms with van der Waals surface area (Å²) in [4.78, 5) is 21.7. The van der Waals surface area contributed by atoms with Crippen molar-refractivity contribution >= 4 is 12.1 Å². The fourth-order valence-electron chi connectivity index (χ4n) is 0.791. The van der Waals surface area contributed by atoms with Crippen LogP contribution in [0.4, 0.5) is 18.0 Å². The molecular weight excluding hydrogens is 231 g/mol. The van der Waals surface area contributed by atoms with Crippen molar-refractivity contribution in [1.29, 1.82) is 0 Å². The van der Waals surface area contributed by atoms with Gasteiger partial charge < -0.3 is 9.47 Å². The van der Waals surface area contributed by atoms with Gasteiger partial charge >= 0.3 is 18.2 Å². The highest BCUT2D eigenvalue weighted by Crippen LogP contribution is 2.21. The molecule has 0 aliphatic heterocycles. The molecule has 0 spiro atoms. The average molecular weight is 243 g/mol. The first-order valence-corrected chi connectivity index (χ1v) is 4.49. The van der Waals surface area contributed by atoms with Gasteiger partial charge in [0.25, 0.3) is 0 Å². The minimum absolute atomic E-state index is 0.0980. The first-order valence-electron chi connectivity index (χ1n) is 4.49. The number of alkyl halides is 3.